The Labute approximate surface area is 151 Å². The second-order valence-corrected chi connectivity index (χ2v) is 5.85. The Morgan fingerprint density at radius 2 is 2.08 bits per heavy atom. The fourth-order valence-corrected chi connectivity index (χ4v) is 2.75. The molecule has 0 amide bonds. The first-order chi connectivity index (χ1) is 12.7. The number of rotatable bonds is 4. The molecule has 0 spiro atoms. The van der Waals surface area contributed by atoms with Gasteiger partial charge >= 0.3 is 0 Å². The third-order valence-electron chi connectivity index (χ3n) is 4.08. The number of hydrogen-bond donors (Lipinski definition) is 1. The van der Waals surface area contributed by atoms with E-state index in [1.54, 1.807) is 24.9 Å². The molecule has 4 aromatic rings. The quantitative estimate of drug-likeness (QED) is 0.577. The first kappa shape index (κ1) is 15.8. The lowest BCUT2D eigenvalue weighted by molar-refractivity contribution is 0.826. The fourth-order valence-electron chi connectivity index (χ4n) is 2.75. The molecule has 0 bridgehead atoms. The third kappa shape index (κ3) is 2.98. The molecular formula is C20H16N6. The number of nitrogens with zero attached hydrogens (tertiary/aromatic N) is 5. The Balaban J connectivity index is 1.65. The summed E-state index contributed by atoms with van der Waals surface area (Å²) in [6.45, 7) is 2.03. The maximum atomic E-state index is 5.45. The van der Waals surface area contributed by atoms with Gasteiger partial charge in [0.2, 0.25) is 0 Å². The van der Waals surface area contributed by atoms with Crippen LogP contribution < -0.4 is 5.32 Å². The van der Waals surface area contributed by atoms with E-state index in [4.69, 9.17) is 6.42 Å². The van der Waals surface area contributed by atoms with E-state index in [1.807, 2.05) is 47.9 Å². The highest BCUT2D eigenvalue weighted by Gasteiger charge is 2.10. The van der Waals surface area contributed by atoms with Gasteiger partial charge in [0.15, 0.2) is 5.82 Å². The first-order valence-corrected chi connectivity index (χ1v) is 8.18. The number of pyridine rings is 1. The van der Waals surface area contributed by atoms with Gasteiger partial charge in [-0.2, -0.15) is 0 Å². The lowest BCUT2D eigenvalue weighted by atomic mass is 10.2. The molecule has 0 saturated carbocycles. The molecule has 0 aliphatic rings. The maximum absolute atomic E-state index is 5.45. The van der Waals surface area contributed by atoms with Gasteiger partial charge in [0, 0.05) is 11.8 Å². The Kier molecular flexibility index (Phi) is 4.04. The average molecular weight is 340 g/mol. The summed E-state index contributed by atoms with van der Waals surface area (Å²) < 4.78 is 1.89. The molecule has 6 heteroatoms. The molecule has 0 aliphatic carbocycles. The van der Waals surface area contributed by atoms with Crippen molar-refractivity contribution in [3.63, 3.8) is 0 Å². The summed E-state index contributed by atoms with van der Waals surface area (Å²) in [5.74, 6) is 3.97. The van der Waals surface area contributed by atoms with Crippen LogP contribution in [0.3, 0.4) is 0 Å². The van der Waals surface area contributed by atoms with Crippen molar-refractivity contribution in [2.45, 2.75) is 13.0 Å². The molecule has 1 N–H and O–H groups in total. The summed E-state index contributed by atoms with van der Waals surface area (Å²) in [5, 5.41) is 3.33. The molecule has 0 aliphatic heterocycles. The average Bonchev–Trinajstić information content (AvgIpc) is 3.12. The summed E-state index contributed by atoms with van der Waals surface area (Å²) in [6.07, 6.45) is 12.3. The highest BCUT2D eigenvalue weighted by Crippen LogP contribution is 2.20. The molecule has 126 valence electrons. The molecule has 6 nitrogen and oxygen atoms in total. The maximum Gasteiger partial charge on any atom is 0.159 e. The number of terminal acetylenes is 1. The second-order valence-electron chi connectivity index (χ2n) is 5.85. The Hall–Kier alpha value is -3.72. The predicted octanol–water partition coefficient (Wildman–Crippen LogP) is 3.36. The number of imidazole rings is 1. The molecule has 3 heterocycles. The van der Waals surface area contributed by atoms with Crippen LogP contribution in [0.15, 0.2) is 61.3 Å². The summed E-state index contributed by atoms with van der Waals surface area (Å²) in [7, 11) is 0. The van der Waals surface area contributed by atoms with Crippen LogP contribution >= 0.6 is 0 Å². The lowest BCUT2D eigenvalue weighted by Gasteiger charge is -2.14. The predicted molar refractivity (Wildman–Crippen MR) is 101 cm³/mol. The standard InChI is InChI=1S/C20H16N6/c1-3-15-7-8-18-17(10-15)23-13-26(18)20-12-21-11-19(25-20)24-14(2)16-6-4-5-9-22-16/h1,4-14H,2H3,(H,24,25). The molecule has 1 aromatic carbocycles. The van der Waals surface area contributed by atoms with E-state index < -0.39 is 0 Å². The van der Waals surface area contributed by atoms with Crippen LogP contribution in [-0.4, -0.2) is 24.5 Å². The number of hydrogen-bond acceptors (Lipinski definition) is 5. The van der Waals surface area contributed by atoms with Gasteiger partial charge in [0.05, 0.1) is 35.2 Å². The SMILES string of the molecule is C#Cc1ccc2c(c1)ncn2-c1cncc(NC(C)c2ccccn2)n1. The second kappa shape index (κ2) is 6.65. The number of aromatic nitrogens is 5. The van der Waals surface area contributed by atoms with Crippen molar-refractivity contribution in [3.8, 4) is 18.2 Å². The van der Waals surface area contributed by atoms with Crippen molar-refractivity contribution in [2.75, 3.05) is 5.32 Å². The van der Waals surface area contributed by atoms with Crippen molar-refractivity contribution >= 4 is 16.9 Å². The highest BCUT2D eigenvalue weighted by molar-refractivity contribution is 5.78. The molecule has 0 radical (unpaired) electrons. The zero-order valence-corrected chi connectivity index (χ0v) is 14.2. The Bertz CT molecular complexity index is 1090. The van der Waals surface area contributed by atoms with Crippen molar-refractivity contribution in [2.24, 2.45) is 0 Å². The van der Waals surface area contributed by atoms with E-state index in [9.17, 15) is 0 Å². The van der Waals surface area contributed by atoms with E-state index in [0.29, 0.717) is 11.6 Å². The van der Waals surface area contributed by atoms with Gasteiger partial charge in [0.25, 0.3) is 0 Å². The van der Waals surface area contributed by atoms with Crippen LogP contribution in [0.25, 0.3) is 16.9 Å². The van der Waals surface area contributed by atoms with Crippen molar-refractivity contribution in [1.29, 1.82) is 0 Å². The van der Waals surface area contributed by atoms with Gasteiger partial charge in [-0.25, -0.2) is 9.97 Å². The lowest BCUT2D eigenvalue weighted by Crippen LogP contribution is -2.10. The van der Waals surface area contributed by atoms with E-state index in [2.05, 4.69) is 31.2 Å². The van der Waals surface area contributed by atoms with Crippen LogP contribution in [0.2, 0.25) is 0 Å². The summed E-state index contributed by atoms with van der Waals surface area (Å²) >= 11 is 0. The minimum Gasteiger partial charge on any atom is -0.361 e. The summed E-state index contributed by atoms with van der Waals surface area (Å²) in [6, 6.07) is 11.6. The third-order valence-corrected chi connectivity index (χ3v) is 4.08. The smallest absolute Gasteiger partial charge is 0.159 e. The van der Waals surface area contributed by atoms with E-state index in [0.717, 1.165) is 22.3 Å². The normalized spacial score (nSPS) is 11.8. The molecule has 0 saturated heterocycles. The van der Waals surface area contributed by atoms with E-state index >= 15 is 0 Å². The van der Waals surface area contributed by atoms with E-state index in [-0.39, 0.29) is 6.04 Å². The van der Waals surface area contributed by atoms with Gasteiger partial charge < -0.3 is 5.32 Å². The van der Waals surface area contributed by atoms with Gasteiger partial charge in [-0.15, -0.1) is 6.42 Å². The first-order valence-electron chi connectivity index (χ1n) is 8.18. The molecule has 26 heavy (non-hydrogen) atoms. The number of benzene rings is 1. The van der Waals surface area contributed by atoms with Crippen molar-refractivity contribution in [3.05, 3.63) is 72.6 Å². The minimum atomic E-state index is 0.0125. The highest BCUT2D eigenvalue weighted by atomic mass is 15.2. The summed E-state index contributed by atoms with van der Waals surface area (Å²) in [4.78, 5) is 17.7. The zero-order valence-electron chi connectivity index (χ0n) is 14.2. The Morgan fingerprint density at radius 1 is 1.15 bits per heavy atom. The van der Waals surface area contributed by atoms with Crippen molar-refractivity contribution < 1.29 is 0 Å². The van der Waals surface area contributed by atoms with Gasteiger partial charge in [-0.05, 0) is 37.3 Å². The molecule has 1 unspecified atom stereocenters. The van der Waals surface area contributed by atoms with Crippen LogP contribution in [0.5, 0.6) is 0 Å². The molecule has 3 aromatic heterocycles. The molecular weight excluding hydrogens is 324 g/mol. The van der Waals surface area contributed by atoms with Gasteiger partial charge in [-0.3, -0.25) is 14.5 Å². The largest absolute Gasteiger partial charge is 0.361 e. The molecule has 4 rings (SSSR count). The number of anilines is 1. The monoisotopic (exact) mass is 340 g/mol. The molecule has 0 fully saturated rings. The Morgan fingerprint density at radius 3 is 2.88 bits per heavy atom. The van der Waals surface area contributed by atoms with Crippen molar-refractivity contribution in [1.82, 2.24) is 24.5 Å². The topological polar surface area (TPSA) is 68.5 Å². The van der Waals surface area contributed by atoms with Gasteiger partial charge in [0.1, 0.15) is 12.1 Å². The van der Waals surface area contributed by atoms with Crippen LogP contribution in [0.4, 0.5) is 5.82 Å². The van der Waals surface area contributed by atoms with Crippen LogP contribution in [0.1, 0.15) is 24.2 Å². The molecule has 1 atom stereocenters. The van der Waals surface area contributed by atoms with Crippen LogP contribution in [0, 0.1) is 12.3 Å². The number of nitrogens with one attached hydrogen (secondary N) is 1. The fraction of sp³-hybridized carbons (Fsp3) is 0.100. The van der Waals surface area contributed by atoms with Crippen LogP contribution in [-0.2, 0) is 0 Å². The van der Waals surface area contributed by atoms with Gasteiger partial charge in [-0.1, -0.05) is 12.0 Å². The zero-order chi connectivity index (χ0) is 17.9. The summed E-state index contributed by atoms with van der Waals surface area (Å²) in [5.41, 5.74) is 3.48. The van der Waals surface area contributed by atoms with E-state index in [1.165, 1.54) is 0 Å². The number of fused-ring (bicyclic) bond motifs is 1. The minimum absolute atomic E-state index is 0.0125.